The van der Waals surface area contributed by atoms with Crippen molar-refractivity contribution < 1.29 is 4.79 Å². The van der Waals surface area contributed by atoms with Gasteiger partial charge in [0.1, 0.15) is 5.82 Å². The number of carbonyl (C=O) groups is 1. The summed E-state index contributed by atoms with van der Waals surface area (Å²) in [5, 5.41) is 3.21. The maximum atomic E-state index is 11.2. The second kappa shape index (κ2) is 3.48. The number of nitrogens with zero attached hydrogens (tertiary/aromatic N) is 2. The van der Waals surface area contributed by atoms with E-state index in [1.165, 1.54) is 0 Å². The number of fused-ring (bicyclic) bond motifs is 3. The van der Waals surface area contributed by atoms with Gasteiger partial charge in [0, 0.05) is 18.0 Å². The van der Waals surface area contributed by atoms with Crippen molar-refractivity contribution in [2.75, 3.05) is 10.2 Å². The number of hydrogen-bond acceptors (Lipinski definition) is 4. The molecule has 0 fully saturated rings. The molecule has 5 heteroatoms. The average molecular weight is 226 g/mol. The van der Waals surface area contributed by atoms with Crippen LogP contribution in [0.2, 0.25) is 0 Å². The monoisotopic (exact) mass is 226 g/mol. The summed E-state index contributed by atoms with van der Waals surface area (Å²) < 4.78 is 0. The molecule has 0 atom stereocenters. The number of benzene rings is 1. The van der Waals surface area contributed by atoms with Crippen LogP contribution in [0.5, 0.6) is 0 Å². The van der Waals surface area contributed by atoms with Crippen molar-refractivity contribution in [2.45, 2.75) is 0 Å². The topological polar surface area (TPSA) is 70.7 Å². The number of anilines is 2. The lowest BCUT2D eigenvalue weighted by atomic mass is 10.1. The number of primary amides is 1. The lowest BCUT2D eigenvalue weighted by Gasteiger charge is -2.13. The van der Waals surface area contributed by atoms with Crippen LogP contribution in [-0.4, -0.2) is 12.1 Å². The molecule has 0 unspecified atom stereocenters. The van der Waals surface area contributed by atoms with Gasteiger partial charge < -0.3 is 11.1 Å². The number of rotatable bonds is 1. The van der Waals surface area contributed by atoms with E-state index in [4.69, 9.17) is 5.73 Å². The maximum absolute atomic E-state index is 11.2. The predicted molar refractivity (Wildman–Crippen MR) is 66.8 cm³/mol. The number of nitrogens with one attached hydrogen (secondary N) is 1. The standard InChI is InChI=1S/C12H10N4O/c13-12(17)8-2-3-9-10(6-8)16-5-1-4-14-7-11(16)15-9/h1-7,15H,(H2,13,17). The highest BCUT2D eigenvalue weighted by Gasteiger charge is 2.23. The molecule has 0 radical (unpaired) electrons. The smallest absolute Gasteiger partial charge is 0.248 e. The summed E-state index contributed by atoms with van der Waals surface area (Å²) in [4.78, 5) is 17.2. The Morgan fingerprint density at radius 1 is 1.41 bits per heavy atom. The highest BCUT2D eigenvalue weighted by Crippen LogP contribution is 2.37. The van der Waals surface area contributed by atoms with Crippen LogP contribution >= 0.6 is 0 Å². The third-order valence-corrected chi connectivity index (χ3v) is 2.67. The zero-order chi connectivity index (χ0) is 11.8. The van der Waals surface area contributed by atoms with Gasteiger partial charge in [-0.05, 0) is 24.3 Å². The first-order chi connectivity index (χ1) is 8.25. The Balaban J connectivity index is 2.11. The van der Waals surface area contributed by atoms with Crippen LogP contribution in [0.4, 0.5) is 11.4 Å². The van der Waals surface area contributed by atoms with Crippen LogP contribution in [0.15, 0.2) is 47.5 Å². The quantitative estimate of drug-likeness (QED) is 0.760. The molecular weight excluding hydrogens is 216 g/mol. The number of hydrogen-bond donors (Lipinski definition) is 2. The van der Waals surface area contributed by atoms with Gasteiger partial charge in [0.15, 0.2) is 0 Å². The SMILES string of the molecule is NC(=O)c1ccc2c(c1)N1C=CC=NC=C1N2. The minimum absolute atomic E-state index is 0.430. The molecule has 0 spiro atoms. The van der Waals surface area contributed by atoms with E-state index >= 15 is 0 Å². The summed E-state index contributed by atoms with van der Waals surface area (Å²) in [7, 11) is 0. The Kier molecular flexibility index (Phi) is 1.98. The first-order valence-corrected chi connectivity index (χ1v) is 5.16. The van der Waals surface area contributed by atoms with E-state index in [2.05, 4.69) is 10.3 Å². The van der Waals surface area contributed by atoms with E-state index in [-0.39, 0.29) is 0 Å². The van der Waals surface area contributed by atoms with Gasteiger partial charge in [-0.2, -0.15) is 0 Å². The summed E-state index contributed by atoms with van der Waals surface area (Å²) in [5.74, 6) is 0.423. The van der Waals surface area contributed by atoms with E-state index in [1.54, 1.807) is 24.5 Å². The van der Waals surface area contributed by atoms with Crippen molar-refractivity contribution in [1.29, 1.82) is 0 Å². The summed E-state index contributed by atoms with van der Waals surface area (Å²) in [6, 6.07) is 5.30. The number of allylic oxidation sites excluding steroid dienone is 1. The number of amides is 1. The fraction of sp³-hybridized carbons (Fsp3) is 0. The predicted octanol–water partition coefficient (Wildman–Crippen LogP) is 1.41. The van der Waals surface area contributed by atoms with Crippen LogP contribution < -0.4 is 16.0 Å². The van der Waals surface area contributed by atoms with Crippen LogP contribution in [0.1, 0.15) is 10.4 Å². The molecule has 1 aromatic rings. The molecule has 2 aliphatic rings. The van der Waals surface area contributed by atoms with Gasteiger partial charge in [0.05, 0.1) is 17.6 Å². The van der Waals surface area contributed by atoms with Crippen molar-refractivity contribution in [2.24, 2.45) is 10.7 Å². The molecule has 3 rings (SSSR count). The van der Waals surface area contributed by atoms with Gasteiger partial charge in [-0.3, -0.25) is 14.7 Å². The molecule has 1 aromatic carbocycles. The average Bonchev–Trinajstić information content (AvgIpc) is 2.51. The van der Waals surface area contributed by atoms with Gasteiger partial charge in [-0.25, -0.2) is 0 Å². The first kappa shape index (κ1) is 9.65. The fourth-order valence-electron chi connectivity index (χ4n) is 1.86. The second-order valence-corrected chi connectivity index (χ2v) is 3.75. The van der Waals surface area contributed by atoms with Crippen molar-refractivity contribution >= 4 is 23.5 Å². The third-order valence-electron chi connectivity index (χ3n) is 2.67. The molecule has 2 heterocycles. The molecule has 3 N–H and O–H groups in total. The van der Waals surface area contributed by atoms with Crippen molar-refractivity contribution in [3.05, 3.63) is 48.1 Å². The molecule has 17 heavy (non-hydrogen) atoms. The van der Waals surface area contributed by atoms with Crippen LogP contribution in [0.25, 0.3) is 0 Å². The molecular formula is C12H10N4O. The lowest BCUT2D eigenvalue weighted by molar-refractivity contribution is 0.100. The highest BCUT2D eigenvalue weighted by molar-refractivity contribution is 5.97. The summed E-state index contributed by atoms with van der Waals surface area (Å²) in [5.41, 5.74) is 7.59. The van der Waals surface area contributed by atoms with E-state index in [0.29, 0.717) is 5.56 Å². The van der Waals surface area contributed by atoms with Crippen LogP contribution in [0.3, 0.4) is 0 Å². The third kappa shape index (κ3) is 1.48. The van der Waals surface area contributed by atoms with Crippen molar-refractivity contribution in [3.8, 4) is 0 Å². The Morgan fingerprint density at radius 3 is 3.12 bits per heavy atom. The van der Waals surface area contributed by atoms with Crippen molar-refractivity contribution in [3.63, 3.8) is 0 Å². The molecule has 0 aromatic heterocycles. The molecule has 84 valence electrons. The molecule has 0 bridgehead atoms. The highest BCUT2D eigenvalue weighted by atomic mass is 16.1. The number of carbonyl (C=O) groups excluding carboxylic acids is 1. The molecule has 1 amide bonds. The van der Waals surface area contributed by atoms with Crippen LogP contribution in [0, 0.1) is 0 Å². The van der Waals surface area contributed by atoms with Gasteiger partial charge in [-0.1, -0.05) is 0 Å². The molecule has 2 aliphatic heterocycles. The molecule has 0 aliphatic carbocycles. The van der Waals surface area contributed by atoms with Gasteiger partial charge in [0.25, 0.3) is 0 Å². The largest absolute Gasteiger partial charge is 0.366 e. The second-order valence-electron chi connectivity index (χ2n) is 3.75. The van der Waals surface area contributed by atoms with E-state index in [9.17, 15) is 4.79 Å². The first-order valence-electron chi connectivity index (χ1n) is 5.16. The summed E-state index contributed by atoms with van der Waals surface area (Å²) in [6.07, 6.45) is 7.14. The lowest BCUT2D eigenvalue weighted by Crippen LogP contribution is -2.14. The zero-order valence-corrected chi connectivity index (χ0v) is 8.92. The molecule has 0 saturated carbocycles. The van der Waals surface area contributed by atoms with E-state index < -0.39 is 5.91 Å². The molecule has 5 nitrogen and oxygen atoms in total. The van der Waals surface area contributed by atoms with Gasteiger partial charge in [0.2, 0.25) is 5.91 Å². The van der Waals surface area contributed by atoms with E-state index in [0.717, 1.165) is 17.2 Å². The van der Waals surface area contributed by atoms with Gasteiger partial charge in [-0.15, -0.1) is 0 Å². The number of aliphatic imine (C=N–C) groups is 1. The minimum atomic E-state index is -0.430. The Hall–Kier alpha value is -2.56. The normalized spacial score (nSPS) is 15.8. The zero-order valence-electron chi connectivity index (χ0n) is 8.92. The van der Waals surface area contributed by atoms with E-state index in [1.807, 2.05) is 23.2 Å². The maximum Gasteiger partial charge on any atom is 0.248 e. The minimum Gasteiger partial charge on any atom is -0.366 e. The summed E-state index contributed by atoms with van der Waals surface area (Å²) >= 11 is 0. The van der Waals surface area contributed by atoms with Gasteiger partial charge >= 0.3 is 0 Å². The van der Waals surface area contributed by atoms with Crippen LogP contribution in [-0.2, 0) is 0 Å². The summed E-state index contributed by atoms with van der Waals surface area (Å²) in [6.45, 7) is 0. The Morgan fingerprint density at radius 2 is 2.29 bits per heavy atom. The number of nitrogens with two attached hydrogens (primary N) is 1. The Bertz CT molecular complexity index is 586. The van der Waals surface area contributed by atoms with Crippen molar-refractivity contribution in [1.82, 2.24) is 0 Å². The fourth-order valence-corrected chi connectivity index (χ4v) is 1.86. The Labute approximate surface area is 97.9 Å². The molecule has 0 saturated heterocycles.